The lowest BCUT2D eigenvalue weighted by Gasteiger charge is -2.05. The highest BCUT2D eigenvalue weighted by atomic mass is 16.5. The van der Waals surface area contributed by atoms with Gasteiger partial charge in [-0.2, -0.15) is 5.10 Å². The van der Waals surface area contributed by atoms with Gasteiger partial charge in [0.2, 0.25) is 0 Å². The Morgan fingerprint density at radius 3 is 2.82 bits per heavy atom. The van der Waals surface area contributed by atoms with Crippen molar-refractivity contribution < 1.29 is 4.74 Å². The lowest BCUT2D eigenvalue weighted by Crippen LogP contribution is -1.97. The van der Waals surface area contributed by atoms with Gasteiger partial charge in [0.25, 0.3) is 0 Å². The van der Waals surface area contributed by atoms with Crippen LogP contribution in [0.1, 0.15) is 5.56 Å². The fourth-order valence-electron chi connectivity index (χ4n) is 1.25. The molecular weight excluding hydrogens is 216 g/mol. The molecular formula is C12H12N4O. The molecule has 1 aromatic heterocycles. The van der Waals surface area contributed by atoms with Gasteiger partial charge in [-0.25, -0.2) is 4.68 Å². The SMILES string of the molecule is C=CCOc1ccccc1/C=N\n1cnnc1. The normalized spacial score (nSPS) is 10.6. The van der Waals surface area contributed by atoms with E-state index in [-0.39, 0.29) is 0 Å². The first-order chi connectivity index (χ1) is 8.40. The Kier molecular flexibility index (Phi) is 3.64. The minimum Gasteiger partial charge on any atom is -0.489 e. The van der Waals surface area contributed by atoms with Gasteiger partial charge in [-0.15, -0.1) is 10.2 Å². The number of ether oxygens (including phenoxy) is 1. The van der Waals surface area contributed by atoms with Crippen molar-refractivity contribution in [1.29, 1.82) is 0 Å². The molecule has 0 unspecified atom stereocenters. The predicted octanol–water partition coefficient (Wildman–Crippen LogP) is 1.73. The van der Waals surface area contributed by atoms with Crippen molar-refractivity contribution >= 4 is 6.21 Å². The number of para-hydroxylation sites is 1. The van der Waals surface area contributed by atoms with E-state index in [4.69, 9.17) is 4.74 Å². The quantitative estimate of drug-likeness (QED) is 0.578. The van der Waals surface area contributed by atoms with E-state index in [1.54, 1.807) is 12.3 Å². The molecule has 5 nitrogen and oxygen atoms in total. The average Bonchev–Trinajstić information content (AvgIpc) is 2.88. The van der Waals surface area contributed by atoms with Crippen molar-refractivity contribution in [1.82, 2.24) is 14.9 Å². The van der Waals surface area contributed by atoms with Gasteiger partial charge in [-0.1, -0.05) is 24.8 Å². The summed E-state index contributed by atoms with van der Waals surface area (Å²) >= 11 is 0. The van der Waals surface area contributed by atoms with Crippen molar-refractivity contribution in [2.24, 2.45) is 5.10 Å². The predicted molar refractivity (Wildman–Crippen MR) is 65.1 cm³/mol. The highest BCUT2D eigenvalue weighted by molar-refractivity contribution is 5.83. The van der Waals surface area contributed by atoms with Crippen molar-refractivity contribution in [3.8, 4) is 5.75 Å². The number of hydrogen-bond acceptors (Lipinski definition) is 4. The van der Waals surface area contributed by atoms with E-state index in [1.165, 1.54) is 17.3 Å². The summed E-state index contributed by atoms with van der Waals surface area (Å²) in [5, 5.41) is 11.5. The summed E-state index contributed by atoms with van der Waals surface area (Å²) in [7, 11) is 0. The minimum absolute atomic E-state index is 0.470. The maximum atomic E-state index is 5.51. The number of hydrogen-bond donors (Lipinski definition) is 0. The van der Waals surface area contributed by atoms with Crippen LogP contribution < -0.4 is 4.74 Å². The topological polar surface area (TPSA) is 52.3 Å². The number of aromatic nitrogens is 3. The second kappa shape index (κ2) is 5.60. The van der Waals surface area contributed by atoms with Crippen molar-refractivity contribution in [2.75, 3.05) is 6.61 Å². The van der Waals surface area contributed by atoms with Crippen molar-refractivity contribution in [2.45, 2.75) is 0 Å². The van der Waals surface area contributed by atoms with Crippen LogP contribution in [0.25, 0.3) is 0 Å². The Labute approximate surface area is 99.1 Å². The Hall–Kier alpha value is -2.43. The first-order valence-electron chi connectivity index (χ1n) is 5.12. The summed E-state index contributed by atoms with van der Waals surface area (Å²) < 4.78 is 7.02. The average molecular weight is 228 g/mol. The highest BCUT2D eigenvalue weighted by Gasteiger charge is 1.98. The minimum atomic E-state index is 0.470. The maximum Gasteiger partial charge on any atom is 0.141 e. The molecule has 2 rings (SSSR count). The van der Waals surface area contributed by atoms with Crippen LogP contribution in [0.2, 0.25) is 0 Å². The first-order valence-corrected chi connectivity index (χ1v) is 5.12. The van der Waals surface area contributed by atoms with Crippen LogP contribution in [0.5, 0.6) is 5.75 Å². The standard InChI is InChI=1S/C12H12N4O/c1-2-7-17-12-6-4-3-5-11(12)8-15-16-9-13-14-10-16/h2-6,8-10H,1,7H2/b15-8-. The van der Waals surface area contributed by atoms with E-state index in [2.05, 4.69) is 21.9 Å². The summed E-state index contributed by atoms with van der Waals surface area (Å²) in [6.07, 6.45) is 6.43. The lowest BCUT2D eigenvalue weighted by molar-refractivity contribution is 0.362. The molecule has 0 radical (unpaired) electrons. The van der Waals surface area contributed by atoms with E-state index in [0.29, 0.717) is 6.61 Å². The van der Waals surface area contributed by atoms with E-state index in [9.17, 15) is 0 Å². The third-order valence-corrected chi connectivity index (χ3v) is 2.01. The highest BCUT2D eigenvalue weighted by Crippen LogP contribution is 2.15. The molecule has 0 saturated heterocycles. The van der Waals surface area contributed by atoms with E-state index in [1.807, 2.05) is 24.3 Å². The maximum absolute atomic E-state index is 5.51. The molecule has 0 spiro atoms. The summed E-state index contributed by atoms with van der Waals surface area (Å²) in [6, 6.07) is 7.64. The van der Waals surface area contributed by atoms with Crippen LogP contribution in [-0.4, -0.2) is 27.7 Å². The second-order valence-electron chi connectivity index (χ2n) is 3.22. The monoisotopic (exact) mass is 228 g/mol. The zero-order valence-corrected chi connectivity index (χ0v) is 9.23. The Balaban J connectivity index is 2.17. The number of benzene rings is 1. The lowest BCUT2D eigenvalue weighted by atomic mass is 10.2. The largest absolute Gasteiger partial charge is 0.489 e. The van der Waals surface area contributed by atoms with Crippen LogP contribution in [-0.2, 0) is 0 Å². The Morgan fingerprint density at radius 2 is 2.06 bits per heavy atom. The molecule has 0 amide bonds. The van der Waals surface area contributed by atoms with Crippen LogP contribution in [0.4, 0.5) is 0 Å². The van der Waals surface area contributed by atoms with Crippen LogP contribution >= 0.6 is 0 Å². The summed E-state index contributed by atoms with van der Waals surface area (Å²) in [5.41, 5.74) is 0.892. The molecule has 2 aromatic rings. The Morgan fingerprint density at radius 1 is 1.29 bits per heavy atom. The summed E-state index contributed by atoms with van der Waals surface area (Å²) in [4.78, 5) is 0. The zero-order chi connectivity index (χ0) is 11.9. The van der Waals surface area contributed by atoms with Crippen LogP contribution in [0, 0.1) is 0 Å². The molecule has 0 bridgehead atoms. The van der Waals surface area contributed by atoms with E-state index in [0.717, 1.165) is 11.3 Å². The van der Waals surface area contributed by atoms with Crippen molar-refractivity contribution in [3.05, 3.63) is 55.1 Å². The molecule has 1 aromatic carbocycles. The fraction of sp³-hybridized carbons (Fsp3) is 0.0833. The molecule has 0 N–H and O–H groups in total. The molecule has 5 heteroatoms. The fourth-order valence-corrected chi connectivity index (χ4v) is 1.25. The van der Waals surface area contributed by atoms with Gasteiger partial charge in [0, 0.05) is 5.56 Å². The van der Waals surface area contributed by atoms with Gasteiger partial charge < -0.3 is 4.74 Å². The van der Waals surface area contributed by atoms with Crippen LogP contribution in [0.15, 0.2) is 54.7 Å². The smallest absolute Gasteiger partial charge is 0.141 e. The van der Waals surface area contributed by atoms with Gasteiger partial charge in [-0.3, -0.25) is 0 Å². The molecule has 0 aliphatic carbocycles. The van der Waals surface area contributed by atoms with Gasteiger partial charge in [-0.05, 0) is 12.1 Å². The molecule has 0 aliphatic heterocycles. The van der Waals surface area contributed by atoms with E-state index >= 15 is 0 Å². The molecule has 0 aliphatic rings. The molecule has 17 heavy (non-hydrogen) atoms. The third kappa shape index (κ3) is 3.01. The third-order valence-electron chi connectivity index (χ3n) is 2.01. The molecule has 0 saturated carbocycles. The molecule has 0 atom stereocenters. The van der Waals surface area contributed by atoms with Crippen molar-refractivity contribution in [3.63, 3.8) is 0 Å². The molecule has 0 fully saturated rings. The van der Waals surface area contributed by atoms with Gasteiger partial charge in [0.15, 0.2) is 0 Å². The number of nitrogens with zero attached hydrogens (tertiary/aromatic N) is 4. The summed E-state index contributed by atoms with van der Waals surface area (Å²) in [5.74, 6) is 0.768. The van der Waals surface area contributed by atoms with Gasteiger partial charge in [0.1, 0.15) is 25.0 Å². The van der Waals surface area contributed by atoms with Gasteiger partial charge >= 0.3 is 0 Å². The Bertz CT molecular complexity index is 505. The van der Waals surface area contributed by atoms with Crippen LogP contribution in [0.3, 0.4) is 0 Å². The first kappa shape index (κ1) is 11.1. The molecule has 1 heterocycles. The second-order valence-corrected chi connectivity index (χ2v) is 3.22. The van der Waals surface area contributed by atoms with Gasteiger partial charge in [0.05, 0.1) is 6.21 Å². The summed E-state index contributed by atoms with van der Waals surface area (Å²) in [6.45, 7) is 4.08. The van der Waals surface area contributed by atoms with E-state index < -0.39 is 0 Å². The zero-order valence-electron chi connectivity index (χ0n) is 9.23. The molecule has 86 valence electrons. The number of rotatable bonds is 5.